The average molecular weight is 127 g/mol. The SMILES string of the molecule is CC1(N)C=CC=C(F)C1. The van der Waals surface area contributed by atoms with Gasteiger partial charge in [-0.15, -0.1) is 0 Å². The highest BCUT2D eigenvalue weighted by Gasteiger charge is 2.18. The lowest BCUT2D eigenvalue weighted by molar-refractivity contribution is 0.482. The van der Waals surface area contributed by atoms with Crippen molar-refractivity contribution in [2.75, 3.05) is 0 Å². The van der Waals surface area contributed by atoms with E-state index < -0.39 is 5.54 Å². The third-order valence-electron chi connectivity index (χ3n) is 1.30. The van der Waals surface area contributed by atoms with Crippen molar-refractivity contribution in [3.8, 4) is 0 Å². The molecular formula is C7H10FN. The van der Waals surface area contributed by atoms with Crippen LogP contribution in [0.2, 0.25) is 0 Å². The van der Waals surface area contributed by atoms with Gasteiger partial charge in [0, 0.05) is 12.0 Å². The summed E-state index contributed by atoms with van der Waals surface area (Å²) in [5.41, 5.74) is 5.13. The van der Waals surface area contributed by atoms with Gasteiger partial charge in [0.1, 0.15) is 5.83 Å². The topological polar surface area (TPSA) is 26.0 Å². The van der Waals surface area contributed by atoms with E-state index in [1.165, 1.54) is 6.08 Å². The number of nitrogens with two attached hydrogens (primary N) is 1. The van der Waals surface area contributed by atoms with Crippen molar-refractivity contribution < 1.29 is 4.39 Å². The Labute approximate surface area is 54.0 Å². The minimum atomic E-state index is -0.473. The number of hydrogen-bond acceptors (Lipinski definition) is 1. The maximum Gasteiger partial charge on any atom is 0.102 e. The molecule has 0 heterocycles. The van der Waals surface area contributed by atoms with Crippen molar-refractivity contribution in [1.29, 1.82) is 0 Å². The fraction of sp³-hybridized carbons (Fsp3) is 0.429. The molecule has 0 aromatic rings. The number of rotatable bonds is 0. The molecule has 0 spiro atoms. The molecular weight excluding hydrogens is 117 g/mol. The molecule has 0 fully saturated rings. The molecule has 9 heavy (non-hydrogen) atoms. The highest BCUT2D eigenvalue weighted by molar-refractivity contribution is 5.21. The Bertz CT molecular complexity index is 168. The van der Waals surface area contributed by atoms with E-state index in [1.807, 2.05) is 0 Å². The van der Waals surface area contributed by atoms with Crippen LogP contribution in [0, 0.1) is 0 Å². The van der Waals surface area contributed by atoms with Gasteiger partial charge < -0.3 is 5.73 Å². The summed E-state index contributed by atoms with van der Waals surface area (Å²) in [6.07, 6.45) is 5.22. The molecule has 50 valence electrons. The van der Waals surface area contributed by atoms with Gasteiger partial charge in [-0.25, -0.2) is 4.39 Å². The van der Waals surface area contributed by atoms with Crippen LogP contribution in [0.15, 0.2) is 24.1 Å². The van der Waals surface area contributed by atoms with Crippen LogP contribution in [-0.4, -0.2) is 5.54 Å². The van der Waals surface area contributed by atoms with E-state index in [0.29, 0.717) is 6.42 Å². The van der Waals surface area contributed by atoms with Crippen LogP contribution in [-0.2, 0) is 0 Å². The van der Waals surface area contributed by atoms with E-state index >= 15 is 0 Å². The van der Waals surface area contributed by atoms with Gasteiger partial charge in [-0.1, -0.05) is 12.2 Å². The van der Waals surface area contributed by atoms with E-state index in [1.54, 1.807) is 19.1 Å². The van der Waals surface area contributed by atoms with E-state index in [4.69, 9.17) is 5.73 Å². The first-order valence-electron chi connectivity index (χ1n) is 2.93. The first-order chi connectivity index (χ1) is 4.10. The maximum atomic E-state index is 12.4. The zero-order valence-electron chi connectivity index (χ0n) is 5.39. The molecule has 0 radical (unpaired) electrons. The third kappa shape index (κ3) is 1.64. The fourth-order valence-electron chi connectivity index (χ4n) is 0.854. The molecule has 0 saturated heterocycles. The molecule has 0 aromatic heterocycles. The number of allylic oxidation sites excluding steroid dienone is 2. The molecule has 2 N–H and O–H groups in total. The zero-order chi connectivity index (χ0) is 6.91. The van der Waals surface area contributed by atoms with E-state index in [9.17, 15) is 4.39 Å². The quantitative estimate of drug-likeness (QED) is 0.524. The first-order valence-corrected chi connectivity index (χ1v) is 2.93. The Morgan fingerprint density at radius 2 is 2.44 bits per heavy atom. The Kier molecular flexibility index (Phi) is 1.41. The van der Waals surface area contributed by atoms with Crippen molar-refractivity contribution in [2.45, 2.75) is 18.9 Å². The smallest absolute Gasteiger partial charge is 0.102 e. The summed E-state index contributed by atoms with van der Waals surface area (Å²) in [4.78, 5) is 0. The van der Waals surface area contributed by atoms with Gasteiger partial charge in [-0.05, 0) is 13.0 Å². The molecule has 1 aliphatic carbocycles. The molecule has 1 atom stereocenters. The molecule has 0 aromatic carbocycles. The molecule has 1 aliphatic rings. The lowest BCUT2D eigenvalue weighted by Crippen LogP contribution is -2.34. The highest BCUT2D eigenvalue weighted by atomic mass is 19.1. The van der Waals surface area contributed by atoms with Gasteiger partial charge in [0.2, 0.25) is 0 Å². The van der Waals surface area contributed by atoms with Crippen molar-refractivity contribution in [3.05, 3.63) is 24.1 Å². The van der Waals surface area contributed by atoms with E-state index in [-0.39, 0.29) is 5.83 Å². The van der Waals surface area contributed by atoms with E-state index in [2.05, 4.69) is 0 Å². The van der Waals surface area contributed by atoms with Crippen LogP contribution in [0.25, 0.3) is 0 Å². The second-order valence-electron chi connectivity index (χ2n) is 2.66. The van der Waals surface area contributed by atoms with Crippen LogP contribution in [0.1, 0.15) is 13.3 Å². The lowest BCUT2D eigenvalue weighted by atomic mass is 9.94. The molecule has 1 unspecified atom stereocenters. The predicted octanol–water partition coefficient (Wildman–Crippen LogP) is 1.52. The van der Waals surface area contributed by atoms with Gasteiger partial charge in [0.15, 0.2) is 0 Å². The second-order valence-corrected chi connectivity index (χ2v) is 2.66. The third-order valence-corrected chi connectivity index (χ3v) is 1.30. The molecule has 2 heteroatoms. The largest absolute Gasteiger partial charge is 0.322 e. The standard InChI is InChI=1S/C7H10FN/c1-7(9)4-2-3-6(8)5-7/h2-4H,5,9H2,1H3. The molecule has 0 aliphatic heterocycles. The van der Waals surface area contributed by atoms with Gasteiger partial charge in [0.05, 0.1) is 0 Å². The maximum absolute atomic E-state index is 12.4. The summed E-state index contributed by atoms with van der Waals surface area (Å²) >= 11 is 0. The van der Waals surface area contributed by atoms with Gasteiger partial charge in [0.25, 0.3) is 0 Å². The van der Waals surface area contributed by atoms with Crippen molar-refractivity contribution in [1.82, 2.24) is 0 Å². The van der Waals surface area contributed by atoms with Crippen LogP contribution in [0.3, 0.4) is 0 Å². The summed E-state index contributed by atoms with van der Waals surface area (Å²) < 4.78 is 12.4. The molecule has 0 bridgehead atoms. The Morgan fingerprint density at radius 1 is 1.78 bits per heavy atom. The Morgan fingerprint density at radius 3 is 2.78 bits per heavy atom. The molecule has 1 nitrogen and oxygen atoms in total. The Hall–Kier alpha value is -0.630. The van der Waals surface area contributed by atoms with Crippen molar-refractivity contribution in [2.24, 2.45) is 5.73 Å². The van der Waals surface area contributed by atoms with Crippen LogP contribution in [0.4, 0.5) is 4.39 Å². The van der Waals surface area contributed by atoms with Crippen LogP contribution in [0.5, 0.6) is 0 Å². The Balaban J connectivity index is 2.73. The number of hydrogen-bond donors (Lipinski definition) is 1. The highest BCUT2D eigenvalue weighted by Crippen LogP contribution is 2.20. The van der Waals surface area contributed by atoms with Crippen molar-refractivity contribution in [3.63, 3.8) is 0 Å². The second kappa shape index (κ2) is 1.95. The van der Waals surface area contributed by atoms with Crippen molar-refractivity contribution >= 4 is 0 Å². The van der Waals surface area contributed by atoms with Crippen LogP contribution < -0.4 is 5.73 Å². The average Bonchev–Trinajstić information content (AvgIpc) is 1.60. The summed E-state index contributed by atoms with van der Waals surface area (Å²) in [7, 11) is 0. The van der Waals surface area contributed by atoms with Gasteiger partial charge in [-0.3, -0.25) is 0 Å². The van der Waals surface area contributed by atoms with E-state index in [0.717, 1.165) is 0 Å². The zero-order valence-corrected chi connectivity index (χ0v) is 5.39. The lowest BCUT2D eigenvalue weighted by Gasteiger charge is -2.20. The monoisotopic (exact) mass is 127 g/mol. The van der Waals surface area contributed by atoms with Crippen LogP contribution >= 0.6 is 0 Å². The van der Waals surface area contributed by atoms with Gasteiger partial charge in [-0.2, -0.15) is 0 Å². The minimum absolute atomic E-state index is 0.137. The summed E-state index contributed by atoms with van der Waals surface area (Å²) in [5.74, 6) is -0.137. The molecule has 1 rings (SSSR count). The molecule has 0 amide bonds. The number of halogens is 1. The normalized spacial score (nSPS) is 34.3. The summed E-state index contributed by atoms with van der Waals surface area (Å²) in [6.45, 7) is 1.80. The first kappa shape index (κ1) is 6.49. The summed E-state index contributed by atoms with van der Waals surface area (Å²) in [5, 5.41) is 0. The minimum Gasteiger partial charge on any atom is -0.322 e. The predicted molar refractivity (Wildman–Crippen MR) is 35.5 cm³/mol. The summed E-state index contributed by atoms with van der Waals surface area (Å²) in [6, 6.07) is 0. The van der Waals surface area contributed by atoms with Gasteiger partial charge >= 0.3 is 0 Å². The molecule has 0 saturated carbocycles. The fourth-order valence-corrected chi connectivity index (χ4v) is 0.854.